The Morgan fingerprint density at radius 1 is 0.500 bits per heavy atom. The van der Waals surface area contributed by atoms with E-state index in [1.807, 2.05) is 60.9 Å². The van der Waals surface area contributed by atoms with Crippen molar-refractivity contribution in [3.05, 3.63) is 60.9 Å². The molecule has 0 aliphatic carbocycles. The molecular weight excluding hydrogens is 146 g/mol. The van der Waals surface area contributed by atoms with Gasteiger partial charge in [0, 0.05) is 12.4 Å². The molecule has 2 rings (SSSR count). The molecule has 1 nitrogen and oxygen atoms in total. The van der Waals surface area contributed by atoms with E-state index in [4.69, 9.17) is 0 Å². The van der Waals surface area contributed by atoms with Crippen molar-refractivity contribution in [1.82, 2.24) is 4.98 Å². The molecule has 1 N–H and O–H groups in total. The number of aromatic amines is 1. The molecule has 12 heavy (non-hydrogen) atoms. The van der Waals surface area contributed by atoms with Crippen molar-refractivity contribution in [2.24, 2.45) is 0 Å². The van der Waals surface area contributed by atoms with Gasteiger partial charge in [-0.15, -0.1) is 0 Å². The smallest absolute Gasteiger partial charge is 0.000496 e. The Morgan fingerprint density at radius 3 is 1.00 bits per heavy atom. The minimum Gasteiger partial charge on any atom is -0.368 e. The van der Waals surface area contributed by atoms with Gasteiger partial charge in [0.25, 0.3) is 0 Å². The topological polar surface area (TPSA) is 15.8 Å². The molecule has 64 valence electrons. The molecule has 0 spiro atoms. The third kappa shape index (κ3) is 5.30. The minimum atomic E-state index is 0. The zero-order valence-corrected chi connectivity index (χ0v) is 6.27. The maximum absolute atomic E-state index is 2.86. The second kappa shape index (κ2) is 7.61. The molecule has 0 aliphatic rings. The fraction of sp³-hybridized carbons (Fsp3) is 0.0909. The fourth-order valence-electron chi connectivity index (χ4n) is 0.663. The molecule has 0 aliphatic heterocycles. The minimum absolute atomic E-state index is 0. The number of hydrogen-bond donors (Lipinski definition) is 1. The zero-order chi connectivity index (χ0) is 7.78. The van der Waals surface area contributed by atoms with E-state index in [-0.39, 0.29) is 7.43 Å². The first kappa shape index (κ1) is 10.5. The molecule has 0 saturated carbocycles. The lowest BCUT2D eigenvalue weighted by Crippen LogP contribution is -1.47. The Balaban J connectivity index is 0.000000189. The average molecular weight is 161 g/mol. The first-order valence-corrected chi connectivity index (χ1v) is 3.58. The van der Waals surface area contributed by atoms with Gasteiger partial charge in [-0.1, -0.05) is 43.8 Å². The lowest BCUT2D eigenvalue weighted by Gasteiger charge is -1.69. The molecule has 0 amide bonds. The second-order valence-electron chi connectivity index (χ2n) is 2.04. The summed E-state index contributed by atoms with van der Waals surface area (Å²) in [6.07, 6.45) is 3.75. The normalized spacial score (nSPS) is 7.33. The van der Waals surface area contributed by atoms with E-state index in [9.17, 15) is 0 Å². The third-order valence-electron chi connectivity index (χ3n) is 1.16. The predicted molar refractivity (Wildman–Crippen MR) is 54.0 cm³/mol. The van der Waals surface area contributed by atoms with Crippen LogP contribution in [-0.4, -0.2) is 4.98 Å². The van der Waals surface area contributed by atoms with E-state index in [0.29, 0.717) is 0 Å². The van der Waals surface area contributed by atoms with Crippen molar-refractivity contribution in [2.45, 2.75) is 7.43 Å². The van der Waals surface area contributed by atoms with Gasteiger partial charge in [-0.3, -0.25) is 0 Å². The maximum atomic E-state index is 2.86. The summed E-state index contributed by atoms with van der Waals surface area (Å²) in [4.78, 5) is 2.86. The molecule has 1 heterocycles. The molecular formula is C11H15N. The summed E-state index contributed by atoms with van der Waals surface area (Å²) in [6, 6.07) is 15.9. The van der Waals surface area contributed by atoms with Crippen LogP contribution in [-0.2, 0) is 0 Å². The van der Waals surface area contributed by atoms with Gasteiger partial charge in [0.15, 0.2) is 0 Å². The van der Waals surface area contributed by atoms with Gasteiger partial charge in [-0.2, -0.15) is 0 Å². The van der Waals surface area contributed by atoms with E-state index in [1.165, 1.54) is 0 Å². The Hall–Kier alpha value is -1.50. The monoisotopic (exact) mass is 161 g/mol. The SMILES string of the molecule is C.c1cc[nH]c1.c1ccccc1. The molecule has 1 aromatic carbocycles. The number of hydrogen-bond acceptors (Lipinski definition) is 0. The molecule has 1 aromatic heterocycles. The van der Waals surface area contributed by atoms with Crippen molar-refractivity contribution < 1.29 is 0 Å². The summed E-state index contributed by atoms with van der Waals surface area (Å²) in [7, 11) is 0. The van der Waals surface area contributed by atoms with Gasteiger partial charge in [0.05, 0.1) is 0 Å². The van der Waals surface area contributed by atoms with Crippen molar-refractivity contribution >= 4 is 0 Å². The van der Waals surface area contributed by atoms with Crippen LogP contribution in [0.2, 0.25) is 0 Å². The van der Waals surface area contributed by atoms with Gasteiger partial charge in [-0.05, 0) is 12.1 Å². The van der Waals surface area contributed by atoms with Crippen LogP contribution in [0.3, 0.4) is 0 Å². The number of nitrogens with one attached hydrogen (secondary N) is 1. The van der Waals surface area contributed by atoms with E-state index in [0.717, 1.165) is 0 Å². The highest BCUT2D eigenvalue weighted by Gasteiger charge is 1.58. The van der Waals surface area contributed by atoms with E-state index in [1.54, 1.807) is 0 Å². The van der Waals surface area contributed by atoms with Crippen molar-refractivity contribution in [2.75, 3.05) is 0 Å². The molecule has 2 aromatic rings. The highest BCUT2D eigenvalue weighted by Crippen LogP contribution is 1.79. The first-order chi connectivity index (χ1) is 5.50. The Labute approximate surface area is 74.1 Å². The first-order valence-electron chi connectivity index (χ1n) is 3.58. The van der Waals surface area contributed by atoms with Gasteiger partial charge in [-0.25, -0.2) is 0 Å². The Kier molecular flexibility index (Phi) is 6.65. The summed E-state index contributed by atoms with van der Waals surface area (Å²) in [5.74, 6) is 0. The average Bonchev–Trinajstić information content (AvgIpc) is 2.64. The van der Waals surface area contributed by atoms with Crippen molar-refractivity contribution in [1.29, 1.82) is 0 Å². The highest BCUT2D eigenvalue weighted by atomic mass is 14.6. The van der Waals surface area contributed by atoms with Gasteiger partial charge in [0.1, 0.15) is 0 Å². The van der Waals surface area contributed by atoms with E-state index < -0.39 is 0 Å². The lowest BCUT2D eigenvalue weighted by molar-refractivity contribution is 1.42. The number of rotatable bonds is 0. The summed E-state index contributed by atoms with van der Waals surface area (Å²) < 4.78 is 0. The molecule has 0 radical (unpaired) electrons. The summed E-state index contributed by atoms with van der Waals surface area (Å²) >= 11 is 0. The largest absolute Gasteiger partial charge is 0.368 e. The number of aromatic nitrogens is 1. The highest BCUT2D eigenvalue weighted by molar-refractivity contribution is 4.99. The quantitative estimate of drug-likeness (QED) is 0.610. The summed E-state index contributed by atoms with van der Waals surface area (Å²) in [5, 5.41) is 0. The molecule has 0 atom stereocenters. The van der Waals surface area contributed by atoms with Gasteiger partial charge in [0.2, 0.25) is 0 Å². The van der Waals surface area contributed by atoms with Gasteiger partial charge >= 0.3 is 0 Å². The van der Waals surface area contributed by atoms with E-state index in [2.05, 4.69) is 4.98 Å². The zero-order valence-electron chi connectivity index (χ0n) is 6.27. The molecule has 0 fully saturated rings. The van der Waals surface area contributed by atoms with Crippen molar-refractivity contribution in [3.63, 3.8) is 0 Å². The molecule has 0 saturated heterocycles. The summed E-state index contributed by atoms with van der Waals surface area (Å²) in [5.41, 5.74) is 0. The predicted octanol–water partition coefficient (Wildman–Crippen LogP) is 3.34. The van der Waals surface area contributed by atoms with Crippen LogP contribution in [0.25, 0.3) is 0 Å². The van der Waals surface area contributed by atoms with Crippen LogP contribution in [0, 0.1) is 0 Å². The third-order valence-corrected chi connectivity index (χ3v) is 1.16. The Bertz CT molecular complexity index is 191. The fourth-order valence-corrected chi connectivity index (χ4v) is 0.663. The number of H-pyrrole nitrogens is 1. The Morgan fingerprint density at radius 2 is 0.833 bits per heavy atom. The van der Waals surface area contributed by atoms with Crippen LogP contribution in [0.15, 0.2) is 60.9 Å². The van der Waals surface area contributed by atoms with Crippen LogP contribution in [0.1, 0.15) is 7.43 Å². The van der Waals surface area contributed by atoms with Gasteiger partial charge < -0.3 is 4.98 Å². The van der Waals surface area contributed by atoms with Crippen molar-refractivity contribution in [3.8, 4) is 0 Å². The van der Waals surface area contributed by atoms with Crippen LogP contribution in [0.5, 0.6) is 0 Å². The second-order valence-corrected chi connectivity index (χ2v) is 2.04. The molecule has 1 heteroatoms. The van der Waals surface area contributed by atoms with Crippen LogP contribution in [0.4, 0.5) is 0 Å². The maximum Gasteiger partial charge on any atom is 0.000496 e. The van der Waals surface area contributed by atoms with Crippen LogP contribution < -0.4 is 0 Å². The lowest BCUT2D eigenvalue weighted by atomic mass is 10.4. The molecule has 0 unspecified atom stereocenters. The summed E-state index contributed by atoms with van der Waals surface area (Å²) in [6.45, 7) is 0. The number of benzene rings is 1. The molecule has 0 bridgehead atoms. The van der Waals surface area contributed by atoms with Crippen LogP contribution >= 0.6 is 0 Å². The standard InChI is InChI=1S/C6H6.C4H5N.CH4/c1-2-4-6-5-3-1;1-2-4-5-3-1;/h1-6H;1-5H;1H4. The van der Waals surface area contributed by atoms with E-state index >= 15 is 0 Å².